The summed E-state index contributed by atoms with van der Waals surface area (Å²) < 4.78 is 1.28. The van der Waals surface area contributed by atoms with Gasteiger partial charge in [0, 0.05) is 12.4 Å². The summed E-state index contributed by atoms with van der Waals surface area (Å²) in [7, 11) is 0. The Bertz CT molecular complexity index is 587. The molecule has 0 radical (unpaired) electrons. The van der Waals surface area contributed by atoms with E-state index in [0.29, 0.717) is 0 Å². The fraction of sp³-hybridized carbons (Fsp3) is 0.143. The number of hydrogen-bond donors (Lipinski definition) is 0. The lowest BCUT2D eigenvalue weighted by molar-refractivity contribution is 1.29. The lowest BCUT2D eigenvalue weighted by Gasteiger charge is -1.88. The Balaban J connectivity index is 0.000000136. The van der Waals surface area contributed by atoms with Gasteiger partial charge in [-0.25, -0.2) is 4.98 Å². The molecule has 0 atom stereocenters. The molecule has 17 heavy (non-hydrogen) atoms. The Hall–Kier alpha value is -1.74. The van der Waals surface area contributed by atoms with Crippen LogP contribution in [-0.2, 0) is 0 Å². The fourth-order valence-corrected chi connectivity index (χ4v) is 2.16. The molecule has 0 saturated carbocycles. The van der Waals surface area contributed by atoms with E-state index >= 15 is 0 Å². The molecule has 0 spiro atoms. The van der Waals surface area contributed by atoms with E-state index in [2.05, 4.69) is 35.1 Å². The largest absolute Gasteiger partial charge is 0.265 e. The third kappa shape index (κ3) is 3.36. The highest BCUT2D eigenvalue weighted by molar-refractivity contribution is 7.16. The van der Waals surface area contributed by atoms with E-state index < -0.39 is 0 Å². The van der Waals surface area contributed by atoms with E-state index in [1.807, 2.05) is 24.6 Å². The molecule has 3 aromatic rings. The van der Waals surface area contributed by atoms with Crippen molar-refractivity contribution in [3.63, 3.8) is 0 Å². The highest BCUT2D eigenvalue weighted by Gasteiger charge is 1.93. The van der Waals surface area contributed by atoms with E-state index in [1.165, 1.54) is 15.8 Å². The van der Waals surface area contributed by atoms with Crippen molar-refractivity contribution < 1.29 is 0 Å². The summed E-state index contributed by atoms with van der Waals surface area (Å²) in [6, 6.07) is 10.2. The van der Waals surface area contributed by atoms with Gasteiger partial charge in [-0.1, -0.05) is 6.07 Å². The van der Waals surface area contributed by atoms with Crippen molar-refractivity contribution in [3.05, 3.63) is 59.4 Å². The lowest BCUT2D eigenvalue weighted by Crippen LogP contribution is -1.69. The molecule has 0 aliphatic carbocycles. The normalized spacial score (nSPS) is 9.76. The van der Waals surface area contributed by atoms with Gasteiger partial charge >= 0.3 is 0 Å². The molecule has 3 rings (SSSR count). The minimum Gasteiger partial charge on any atom is -0.265 e. The second-order valence-corrected chi connectivity index (χ2v) is 4.73. The first kappa shape index (κ1) is 11.7. The van der Waals surface area contributed by atoms with Crippen LogP contribution < -0.4 is 0 Å². The molecule has 0 aliphatic heterocycles. The molecule has 0 saturated heterocycles. The molecule has 0 aliphatic rings. The van der Waals surface area contributed by atoms with Gasteiger partial charge in [0.2, 0.25) is 0 Å². The van der Waals surface area contributed by atoms with E-state index in [9.17, 15) is 0 Å². The van der Waals surface area contributed by atoms with Gasteiger partial charge in [-0.05, 0) is 49.2 Å². The third-order valence-corrected chi connectivity index (χ3v) is 3.13. The summed E-state index contributed by atoms with van der Waals surface area (Å²) in [5, 5.41) is 0. The zero-order chi connectivity index (χ0) is 12.1. The van der Waals surface area contributed by atoms with Crippen molar-refractivity contribution in [1.29, 1.82) is 0 Å². The molecule has 86 valence electrons. The van der Waals surface area contributed by atoms with Crippen LogP contribution in [0.15, 0.2) is 48.2 Å². The second kappa shape index (κ2) is 5.55. The smallest absolute Gasteiger partial charge is 0.0812 e. The van der Waals surface area contributed by atoms with Crippen LogP contribution in [0.25, 0.3) is 10.2 Å². The number of thiazole rings is 1. The lowest BCUT2D eigenvalue weighted by atomic mass is 10.2. The summed E-state index contributed by atoms with van der Waals surface area (Å²) in [5.74, 6) is 0. The van der Waals surface area contributed by atoms with Crippen LogP contribution >= 0.6 is 11.3 Å². The molecule has 2 nitrogen and oxygen atoms in total. The number of nitrogens with zero attached hydrogens (tertiary/aromatic N) is 2. The van der Waals surface area contributed by atoms with E-state index in [-0.39, 0.29) is 0 Å². The SMILES string of the molecule is Cc1ccc2ncsc2c1.Cc1ccncc1. The van der Waals surface area contributed by atoms with Crippen LogP contribution in [0.5, 0.6) is 0 Å². The number of hydrogen-bond acceptors (Lipinski definition) is 3. The van der Waals surface area contributed by atoms with E-state index in [0.717, 1.165) is 5.52 Å². The molecule has 3 heteroatoms. The number of benzene rings is 1. The van der Waals surface area contributed by atoms with Crippen LogP contribution in [0, 0.1) is 13.8 Å². The van der Waals surface area contributed by atoms with Gasteiger partial charge in [0.25, 0.3) is 0 Å². The highest BCUT2D eigenvalue weighted by atomic mass is 32.1. The minimum absolute atomic E-state index is 1.11. The Labute approximate surface area is 105 Å². The van der Waals surface area contributed by atoms with Gasteiger partial charge < -0.3 is 0 Å². The molecule has 2 heterocycles. The molecule has 2 aromatic heterocycles. The van der Waals surface area contributed by atoms with Gasteiger partial charge in [-0.3, -0.25) is 4.98 Å². The summed E-state index contributed by atoms with van der Waals surface area (Å²) in [6.45, 7) is 4.14. The highest BCUT2D eigenvalue weighted by Crippen LogP contribution is 2.18. The molecular formula is C14H14N2S. The maximum absolute atomic E-state index is 4.18. The quantitative estimate of drug-likeness (QED) is 0.595. The van der Waals surface area contributed by atoms with Crippen LogP contribution in [-0.4, -0.2) is 9.97 Å². The van der Waals surface area contributed by atoms with Crippen LogP contribution in [0.3, 0.4) is 0 Å². The first-order valence-corrected chi connectivity index (χ1v) is 6.30. The summed E-state index contributed by atoms with van der Waals surface area (Å²) in [4.78, 5) is 8.02. The van der Waals surface area contributed by atoms with Gasteiger partial charge in [0.05, 0.1) is 15.7 Å². The van der Waals surface area contributed by atoms with Crippen LogP contribution in [0.1, 0.15) is 11.1 Å². The Morgan fingerprint density at radius 3 is 2.35 bits per heavy atom. The zero-order valence-corrected chi connectivity index (χ0v) is 10.7. The van der Waals surface area contributed by atoms with Crippen molar-refractivity contribution in [2.75, 3.05) is 0 Å². The number of rotatable bonds is 0. The summed E-state index contributed by atoms with van der Waals surface area (Å²) in [5.41, 5.74) is 5.55. The maximum atomic E-state index is 4.18. The number of aromatic nitrogens is 2. The topological polar surface area (TPSA) is 25.8 Å². The molecule has 1 aromatic carbocycles. The van der Waals surface area contributed by atoms with Gasteiger partial charge in [-0.2, -0.15) is 0 Å². The first-order valence-electron chi connectivity index (χ1n) is 5.42. The van der Waals surface area contributed by atoms with Crippen LogP contribution in [0.4, 0.5) is 0 Å². The average molecular weight is 242 g/mol. The molecule has 0 fully saturated rings. The fourth-order valence-electron chi connectivity index (χ4n) is 1.39. The Morgan fingerprint density at radius 2 is 1.71 bits per heavy atom. The number of aryl methyl sites for hydroxylation is 2. The summed E-state index contributed by atoms with van der Waals surface area (Å²) in [6.07, 6.45) is 3.57. The predicted molar refractivity (Wildman–Crippen MR) is 73.3 cm³/mol. The number of pyridine rings is 1. The van der Waals surface area contributed by atoms with Crippen molar-refractivity contribution >= 4 is 21.6 Å². The molecule has 0 bridgehead atoms. The summed E-state index contributed by atoms with van der Waals surface area (Å²) >= 11 is 1.69. The van der Waals surface area contributed by atoms with Crippen molar-refractivity contribution in [1.82, 2.24) is 9.97 Å². The van der Waals surface area contributed by atoms with Crippen LogP contribution in [0.2, 0.25) is 0 Å². The van der Waals surface area contributed by atoms with Crippen molar-refractivity contribution in [3.8, 4) is 0 Å². The monoisotopic (exact) mass is 242 g/mol. The van der Waals surface area contributed by atoms with E-state index in [1.54, 1.807) is 23.7 Å². The van der Waals surface area contributed by atoms with E-state index in [4.69, 9.17) is 0 Å². The molecule has 0 unspecified atom stereocenters. The minimum atomic E-state index is 1.11. The van der Waals surface area contributed by atoms with Gasteiger partial charge in [0.15, 0.2) is 0 Å². The zero-order valence-electron chi connectivity index (χ0n) is 9.92. The molecule has 0 N–H and O–H groups in total. The maximum Gasteiger partial charge on any atom is 0.0812 e. The Morgan fingerprint density at radius 1 is 0.941 bits per heavy atom. The second-order valence-electron chi connectivity index (χ2n) is 3.85. The predicted octanol–water partition coefficient (Wildman–Crippen LogP) is 3.99. The average Bonchev–Trinajstić information content (AvgIpc) is 2.78. The van der Waals surface area contributed by atoms with Crippen molar-refractivity contribution in [2.24, 2.45) is 0 Å². The number of fused-ring (bicyclic) bond motifs is 1. The standard InChI is InChI=1S/C8H7NS.C6H7N/c1-6-2-3-7-8(4-6)10-5-9-7;1-6-2-4-7-5-3-6/h2-5H,1H3;2-5H,1H3. The molecule has 0 amide bonds. The van der Waals surface area contributed by atoms with Crippen molar-refractivity contribution in [2.45, 2.75) is 13.8 Å². The van der Waals surface area contributed by atoms with Gasteiger partial charge in [0.1, 0.15) is 0 Å². The third-order valence-electron chi connectivity index (χ3n) is 2.33. The Kier molecular flexibility index (Phi) is 3.83. The first-order chi connectivity index (χ1) is 8.25. The molecular weight excluding hydrogens is 228 g/mol. The van der Waals surface area contributed by atoms with Gasteiger partial charge in [-0.15, -0.1) is 11.3 Å².